The zero-order valence-corrected chi connectivity index (χ0v) is 8.41. The van der Waals surface area contributed by atoms with Gasteiger partial charge in [-0.05, 0) is 12.8 Å². The number of nitrogens with one attached hydrogen (secondary N) is 1. The van der Waals surface area contributed by atoms with E-state index >= 15 is 0 Å². The number of unbranched alkanes of at least 4 members (excludes halogenated alkanes) is 1. The lowest BCUT2D eigenvalue weighted by Gasteiger charge is -2.17. The van der Waals surface area contributed by atoms with E-state index in [9.17, 15) is 22.0 Å². The summed E-state index contributed by atoms with van der Waals surface area (Å²) in [6, 6.07) is 0. The van der Waals surface area contributed by atoms with Crippen molar-refractivity contribution < 1.29 is 22.0 Å². The molecule has 1 rings (SSSR count). The van der Waals surface area contributed by atoms with Gasteiger partial charge in [0.2, 0.25) is 0 Å². The molecule has 1 aromatic rings. The standard InChI is InChI=1S/C8H10F5N3/c1-2-3-4-5-6(15-16-14-5)7(9,10)8(11,12)13/h2-4H2,1H3,(H,14,15,16). The second kappa shape index (κ2) is 4.34. The Kier molecular flexibility index (Phi) is 3.49. The molecule has 0 radical (unpaired) electrons. The molecule has 3 nitrogen and oxygen atoms in total. The van der Waals surface area contributed by atoms with E-state index < -0.39 is 17.8 Å². The van der Waals surface area contributed by atoms with Crippen LogP contribution in [0.5, 0.6) is 0 Å². The summed E-state index contributed by atoms with van der Waals surface area (Å²) in [5.41, 5.74) is -1.65. The lowest BCUT2D eigenvalue weighted by Crippen LogP contribution is -2.35. The number of nitrogens with zero attached hydrogens (tertiary/aromatic N) is 2. The average Bonchev–Trinajstić information content (AvgIpc) is 2.61. The minimum Gasteiger partial charge on any atom is -0.197 e. The Balaban J connectivity index is 2.99. The number of rotatable bonds is 4. The molecule has 1 N–H and O–H groups in total. The summed E-state index contributed by atoms with van der Waals surface area (Å²) in [5.74, 6) is -4.96. The van der Waals surface area contributed by atoms with E-state index in [4.69, 9.17) is 0 Å². The first-order chi connectivity index (χ1) is 7.30. The summed E-state index contributed by atoms with van der Waals surface area (Å²) in [4.78, 5) is 0. The fourth-order valence-corrected chi connectivity index (χ4v) is 1.16. The third-order valence-corrected chi connectivity index (χ3v) is 2.04. The van der Waals surface area contributed by atoms with Gasteiger partial charge in [-0.2, -0.15) is 37.4 Å². The van der Waals surface area contributed by atoms with Gasteiger partial charge in [0.25, 0.3) is 0 Å². The molecule has 1 aromatic heterocycles. The highest BCUT2D eigenvalue weighted by molar-refractivity contribution is 5.16. The lowest BCUT2D eigenvalue weighted by molar-refractivity contribution is -0.291. The normalized spacial score (nSPS) is 13.1. The number of H-pyrrole nitrogens is 1. The molecule has 0 amide bonds. The number of hydrogen-bond acceptors (Lipinski definition) is 2. The number of aryl methyl sites for hydroxylation is 1. The second-order valence-corrected chi connectivity index (χ2v) is 3.29. The summed E-state index contributed by atoms with van der Waals surface area (Å²) in [6.07, 6.45) is -4.45. The van der Waals surface area contributed by atoms with Crippen molar-refractivity contribution in [3.05, 3.63) is 11.4 Å². The van der Waals surface area contributed by atoms with Gasteiger partial charge in [0, 0.05) is 0 Å². The van der Waals surface area contributed by atoms with Crippen molar-refractivity contribution in [2.75, 3.05) is 0 Å². The van der Waals surface area contributed by atoms with Gasteiger partial charge in [0.1, 0.15) is 0 Å². The number of aromatic nitrogens is 3. The van der Waals surface area contributed by atoms with Crippen molar-refractivity contribution in [2.24, 2.45) is 0 Å². The molecule has 0 aliphatic carbocycles. The molecule has 0 fully saturated rings. The Morgan fingerprint density at radius 1 is 1.12 bits per heavy atom. The maximum atomic E-state index is 12.9. The van der Waals surface area contributed by atoms with Gasteiger partial charge in [0.15, 0.2) is 5.69 Å². The van der Waals surface area contributed by atoms with Crippen LogP contribution in [0.2, 0.25) is 0 Å². The van der Waals surface area contributed by atoms with Crippen molar-refractivity contribution >= 4 is 0 Å². The van der Waals surface area contributed by atoms with E-state index in [1.54, 1.807) is 12.1 Å². The molecule has 0 unspecified atom stereocenters. The van der Waals surface area contributed by atoms with E-state index in [-0.39, 0.29) is 12.1 Å². The number of aromatic amines is 1. The Bertz CT molecular complexity index is 344. The van der Waals surface area contributed by atoms with Crippen LogP contribution in [0.15, 0.2) is 0 Å². The van der Waals surface area contributed by atoms with Gasteiger partial charge in [-0.1, -0.05) is 13.3 Å². The maximum Gasteiger partial charge on any atom is 0.459 e. The molecule has 16 heavy (non-hydrogen) atoms. The highest BCUT2D eigenvalue weighted by atomic mass is 19.4. The summed E-state index contributed by atoms with van der Waals surface area (Å²) in [5, 5.41) is 8.02. The predicted molar refractivity (Wildman–Crippen MR) is 44.9 cm³/mol. The summed E-state index contributed by atoms with van der Waals surface area (Å²) in [7, 11) is 0. The molecule has 8 heteroatoms. The minimum atomic E-state index is -5.65. The van der Waals surface area contributed by atoms with Gasteiger partial charge >= 0.3 is 12.1 Å². The molecule has 0 bridgehead atoms. The lowest BCUT2D eigenvalue weighted by atomic mass is 10.1. The van der Waals surface area contributed by atoms with Crippen LogP contribution in [0.1, 0.15) is 31.2 Å². The zero-order chi connectivity index (χ0) is 12.4. The first-order valence-electron chi connectivity index (χ1n) is 4.65. The fraction of sp³-hybridized carbons (Fsp3) is 0.750. The summed E-state index contributed by atoms with van der Waals surface area (Å²) in [6.45, 7) is 1.79. The van der Waals surface area contributed by atoms with Gasteiger partial charge in [0.05, 0.1) is 5.69 Å². The molecule has 0 aliphatic heterocycles. The molecule has 0 atom stereocenters. The zero-order valence-electron chi connectivity index (χ0n) is 8.41. The maximum absolute atomic E-state index is 12.9. The van der Waals surface area contributed by atoms with E-state index in [1.807, 2.05) is 0 Å². The minimum absolute atomic E-state index is 0.0496. The topological polar surface area (TPSA) is 41.6 Å². The van der Waals surface area contributed by atoms with Crippen LogP contribution in [0.4, 0.5) is 22.0 Å². The fourth-order valence-electron chi connectivity index (χ4n) is 1.16. The first kappa shape index (κ1) is 12.9. The Morgan fingerprint density at radius 3 is 2.25 bits per heavy atom. The highest BCUT2D eigenvalue weighted by Crippen LogP contribution is 2.43. The van der Waals surface area contributed by atoms with Crippen molar-refractivity contribution in [1.29, 1.82) is 0 Å². The van der Waals surface area contributed by atoms with E-state index in [1.165, 1.54) is 0 Å². The largest absolute Gasteiger partial charge is 0.459 e. The number of hydrogen-bond donors (Lipinski definition) is 1. The van der Waals surface area contributed by atoms with Crippen molar-refractivity contribution in [1.82, 2.24) is 15.4 Å². The highest BCUT2D eigenvalue weighted by Gasteiger charge is 2.61. The van der Waals surface area contributed by atoms with Crippen LogP contribution in [0.25, 0.3) is 0 Å². The summed E-state index contributed by atoms with van der Waals surface area (Å²) >= 11 is 0. The average molecular weight is 243 g/mol. The van der Waals surface area contributed by atoms with E-state index in [0.717, 1.165) is 0 Å². The molecule has 0 spiro atoms. The first-order valence-corrected chi connectivity index (χ1v) is 4.65. The molecule has 0 saturated carbocycles. The van der Waals surface area contributed by atoms with Crippen LogP contribution < -0.4 is 0 Å². The molecular formula is C8H10F5N3. The van der Waals surface area contributed by atoms with E-state index in [2.05, 4.69) is 10.2 Å². The monoisotopic (exact) mass is 243 g/mol. The smallest absolute Gasteiger partial charge is 0.197 e. The van der Waals surface area contributed by atoms with Crippen molar-refractivity contribution in [3.63, 3.8) is 0 Å². The third kappa shape index (κ3) is 2.30. The van der Waals surface area contributed by atoms with Crippen LogP contribution in [-0.4, -0.2) is 21.6 Å². The quantitative estimate of drug-likeness (QED) is 0.826. The van der Waals surface area contributed by atoms with Gasteiger partial charge < -0.3 is 0 Å². The summed E-state index contributed by atoms with van der Waals surface area (Å²) < 4.78 is 62.1. The number of alkyl halides is 5. The molecule has 0 saturated heterocycles. The number of halogens is 5. The van der Waals surface area contributed by atoms with Gasteiger partial charge in [-0.15, -0.1) is 0 Å². The molecule has 1 heterocycles. The molecular weight excluding hydrogens is 233 g/mol. The predicted octanol–water partition coefficient (Wildman–Crippen LogP) is 2.80. The van der Waals surface area contributed by atoms with Gasteiger partial charge in [-0.3, -0.25) is 0 Å². The van der Waals surface area contributed by atoms with Crippen molar-refractivity contribution in [2.45, 2.75) is 38.3 Å². The van der Waals surface area contributed by atoms with Gasteiger partial charge in [-0.25, -0.2) is 0 Å². The third-order valence-electron chi connectivity index (χ3n) is 2.04. The van der Waals surface area contributed by atoms with Crippen LogP contribution in [-0.2, 0) is 12.3 Å². The Labute approximate surface area is 88.0 Å². The van der Waals surface area contributed by atoms with E-state index in [0.29, 0.717) is 12.8 Å². The van der Waals surface area contributed by atoms with Crippen molar-refractivity contribution in [3.8, 4) is 0 Å². The molecule has 0 aliphatic rings. The molecule has 92 valence electrons. The second-order valence-electron chi connectivity index (χ2n) is 3.29. The van der Waals surface area contributed by atoms with Crippen LogP contribution >= 0.6 is 0 Å². The van der Waals surface area contributed by atoms with Crippen LogP contribution in [0, 0.1) is 0 Å². The molecule has 0 aromatic carbocycles. The Hall–Kier alpha value is -1.21. The SMILES string of the molecule is CCCCc1n[nH]nc1C(F)(F)C(F)(F)F. The van der Waals surface area contributed by atoms with Crippen LogP contribution in [0.3, 0.4) is 0 Å². The Morgan fingerprint density at radius 2 is 1.75 bits per heavy atom.